The average Bonchev–Trinajstić information content (AvgIpc) is 3.10. The van der Waals surface area contributed by atoms with Gasteiger partial charge in [0.2, 0.25) is 0 Å². The second kappa shape index (κ2) is 8.86. The van der Waals surface area contributed by atoms with E-state index in [2.05, 4.69) is 4.90 Å². The van der Waals surface area contributed by atoms with Crippen molar-refractivity contribution in [1.82, 2.24) is 4.90 Å². The zero-order valence-corrected chi connectivity index (χ0v) is 18.7. The molecule has 0 aliphatic carbocycles. The Morgan fingerprint density at radius 2 is 2.03 bits per heavy atom. The molecule has 2 aromatic rings. The first-order valence-corrected chi connectivity index (χ1v) is 10.9. The molecule has 0 radical (unpaired) electrons. The van der Waals surface area contributed by atoms with Gasteiger partial charge in [0.05, 0.1) is 12.5 Å². The molecule has 5 nitrogen and oxygen atoms in total. The highest BCUT2D eigenvalue weighted by Crippen LogP contribution is 2.38. The second-order valence-electron chi connectivity index (χ2n) is 7.81. The molecule has 0 bridgehead atoms. The molecule has 0 spiro atoms. The summed E-state index contributed by atoms with van der Waals surface area (Å²) >= 11 is 7.87. The van der Waals surface area contributed by atoms with Crippen LogP contribution >= 0.6 is 22.9 Å². The maximum absolute atomic E-state index is 12.6. The lowest BCUT2D eigenvalue weighted by molar-refractivity contribution is -0.147. The van der Waals surface area contributed by atoms with Crippen molar-refractivity contribution in [3.05, 3.63) is 51.4 Å². The maximum atomic E-state index is 12.6. The lowest BCUT2D eigenvalue weighted by Gasteiger charge is -2.33. The Hall–Kier alpha value is -1.89. The molecule has 1 aliphatic heterocycles. The Balaban J connectivity index is 1.82. The highest BCUT2D eigenvalue weighted by atomic mass is 35.5. The Bertz CT molecular complexity index is 908. The van der Waals surface area contributed by atoms with Gasteiger partial charge in [0, 0.05) is 23.0 Å². The minimum atomic E-state index is -0.577. The van der Waals surface area contributed by atoms with Crippen LogP contribution in [0.5, 0.6) is 5.06 Å². The van der Waals surface area contributed by atoms with E-state index >= 15 is 0 Å². The predicted molar refractivity (Wildman–Crippen MR) is 114 cm³/mol. The number of fused-ring (bicyclic) bond motifs is 1. The standard InChI is InChI=1S/C22H26ClNO4S/c1-5-22(2,3)21(26)28-18-12-14-13-24(11-10-17(14)29-18)19(20(25)27-4)15-8-6-7-9-16(15)23/h6-9,12,19H,5,10-11,13H2,1-4H3. The van der Waals surface area contributed by atoms with Crippen LogP contribution in [-0.2, 0) is 27.3 Å². The average molecular weight is 436 g/mol. The molecular weight excluding hydrogens is 410 g/mol. The molecule has 1 atom stereocenters. The number of esters is 2. The number of carbonyl (C=O) groups excluding carboxylic acids is 2. The fourth-order valence-electron chi connectivity index (χ4n) is 3.25. The van der Waals surface area contributed by atoms with Crippen LogP contribution in [0.3, 0.4) is 0 Å². The third kappa shape index (κ3) is 4.65. The van der Waals surface area contributed by atoms with Gasteiger partial charge in [0.15, 0.2) is 5.06 Å². The van der Waals surface area contributed by atoms with Crippen LogP contribution in [0.25, 0.3) is 0 Å². The number of rotatable bonds is 6. The first-order chi connectivity index (χ1) is 13.8. The number of benzene rings is 1. The molecule has 7 heteroatoms. The Kier molecular flexibility index (Phi) is 6.66. The van der Waals surface area contributed by atoms with Crippen LogP contribution in [0.15, 0.2) is 30.3 Å². The fraction of sp³-hybridized carbons (Fsp3) is 0.455. The molecule has 1 aromatic carbocycles. The summed E-state index contributed by atoms with van der Waals surface area (Å²) in [7, 11) is 1.39. The molecule has 2 heterocycles. The van der Waals surface area contributed by atoms with Gasteiger partial charge in [-0.3, -0.25) is 9.69 Å². The third-order valence-electron chi connectivity index (χ3n) is 5.49. The van der Waals surface area contributed by atoms with Crippen molar-refractivity contribution >= 4 is 34.9 Å². The van der Waals surface area contributed by atoms with Gasteiger partial charge in [0.1, 0.15) is 6.04 Å². The first kappa shape index (κ1) is 21.8. The minimum absolute atomic E-state index is 0.223. The molecule has 1 aromatic heterocycles. The monoisotopic (exact) mass is 435 g/mol. The maximum Gasteiger partial charge on any atom is 0.327 e. The molecule has 1 aliphatic rings. The molecular formula is C22H26ClNO4S. The van der Waals surface area contributed by atoms with E-state index in [1.165, 1.54) is 23.3 Å². The lowest BCUT2D eigenvalue weighted by atomic mass is 9.91. The minimum Gasteiger partial charge on any atom is -0.468 e. The van der Waals surface area contributed by atoms with Gasteiger partial charge >= 0.3 is 11.9 Å². The number of nitrogens with zero attached hydrogens (tertiary/aromatic N) is 1. The van der Waals surface area contributed by atoms with Gasteiger partial charge < -0.3 is 9.47 Å². The van der Waals surface area contributed by atoms with Gasteiger partial charge in [-0.2, -0.15) is 0 Å². The molecule has 1 unspecified atom stereocenters. The van der Waals surface area contributed by atoms with Crippen molar-refractivity contribution < 1.29 is 19.1 Å². The summed E-state index contributed by atoms with van der Waals surface area (Å²) in [6, 6.07) is 8.67. The van der Waals surface area contributed by atoms with E-state index in [9.17, 15) is 9.59 Å². The molecule has 0 saturated heterocycles. The molecule has 0 saturated carbocycles. The summed E-state index contributed by atoms with van der Waals surface area (Å²) in [6.45, 7) is 6.99. The highest BCUT2D eigenvalue weighted by molar-refractivity contribution is 7.14. The zero-order valence-electron chi connectivity index (χ0n) is 17.2. The van der Waals surface area contributed by atoms with Crippen molar-refractivity contribution in [3.63, 3.8) is 0 Å². The number of methoxy groups -OCH3 is 1. The highest BCUT2D eigenvalue weighted by Gasteiger charge is 2.34. The van der Waals surface area contributed by atoms with Crippen molar-refractivity contribution in [3.8, 4) is 5.06 Å². The van der Waals surface area contributed by atoms with E-state index in [4.69, 9.17) is 21.1 Å². The number of ether oxygens (including phenoxy) is 2. The number of hydrogen-bond donors (Lipinski definition) is 0. The van der Waals surface area contributed by atoms with Crippen LogP contribution in [-0.4, -0.2) is 30.5 Å². The molecule has 156 valence electrons. The number of hydrogen-bond acceptors (Lipinski definition) is 6. The largest absolute Gasteiger partial charge is 0.468 e. The summed E-state index contributed by atoms with van der Waals surface area (Å²) in [5, 5.41) is 1.14. The van der Waals surface area contributed by atoms with E-state index in [0.717, 1.165) is 17.5 Å². The van der Waals surface area contributed by atoms with E-state index < -0.39 is 11.5 Å². The molecule has 3 rings (SSSR count). The Morgan fingerprint density at radius 3 is 2.69 bits per heavy atom. The van der Waals surface area contributed by atoms with Gasteiger partial charge in [-0.1, -0.05) is 36.7 Å². The second-order valence-corrected chi connectivity index (χ2v) is 9.31. The van der Waals surface area contributed by atoms with E-state index in [1.54, 1.807) is 6.07 Å². The van der Waals surface area contributed by atoms with E-state index in [1.807, 2.05) is 45.0 Å². The summed E-state index contributed by atoms with van der Waals surface area (Å²) in [6.07, 6.45) is 1.48. The Labute approximate surface area is 180 Å². The van der Waals surface area contributed by atoms with Crippen LogP contribution < -0.4 is 4.74 Å². The number of halogens is 1. The van der Waals surface area contributed by atoms with Crippen LogP contribution in [0.1, 0.15) is 49.2 Å². The Morgan fingerprint density at radius 1 is 1.31 bits per heavy atom. The first-order valence-electron chi connectivity index (χ1n) is 9.67. The zero-order chi connectivity index (χ0) is 21.2. The summed E-state index contributed by atoms with van der Waals surface area (Å²) in [5.74, 6) is -0.563. The predicted octanol–water partition coefficient (Wildman–Crippen LogP) is 5.02. The smallest absolute Gasteiger partial charge is 0.327 e. The third-order valence-corrected chi connectivity index (χ3v) is 6.95. The molecule has 0 fully saturated rings. The number of thiophene rings is 1. The van der Waals surface area contributed by atoms with Gasteiger partial charge in [-0.25, -0.2) is 4.79 Å². The van der Waals surface area contributed by atoms with Gasteiger partial charge in [-0.15, -0.1) is 11.3 Å². The molecule has 29 heavy (non-hydrogen) atoms. The SMILES string of the molecule is CCC(C)(C)C(=O)Oc1cc2c(s1)CCN(C(C(=O)OC)c1ccccc1Cl)C2. The quantitative estimate of drug-likeness (QED) is 0.596. The van der Waals surface area contributed by atoms with E-state index in [-0.39, 0.29) is 11.9 Å². The normalized spacial score (nSPS) is 15.5. The van der Waals surface area contributed by atoms with Crippen molar-refractivity contribution in [2.24, 2.45) is 5.41 Å². The fourth-order valence-corrected chi connectivity index (χ4v) is 4.50. The topological polar surface area (TPSA) is 55.8 Å². The van der Waals surface area contributed by atoms with E-state index in [0.29, 0.717) is 29.6 Å². The summed E-state index contributed by atoms with van der Waals surface area (Å²) in [4.78, 5) is 28.2. The van der Waals surface area contributed by atoms with Crippen LogP contribution in [0.2, 0.25) is 5.02 Å². The van der Waals surface area contributed by atoms with Crippen LogP contribution in [0.4, 0.5) is 0 Å². The van der Waals surface area contributed by atoms with Crippen molar-refractivity contribution in [1.29, 1.82) is 0 Å². The van der Waals surface area contributed by atoms with Crippen molar-refractivity contribution in [2.45, 2.75) is 46.2 Å². The van der Waals surface area contributed by atoms with Crippen molar-refractivity contribution in [2.75, 3.05) is 13.7 Å². The lowest BCUT2D eigenvalue weighted by Crippen LogP contribution is -2.38. The number of carbonyl (C=O) groups is 2. The van der Waals surface area contributed by atoms with Crippen LogP contribution in [0, 0.1) is 5.41 Å². The summed E-state index contributed by atoms with van der Waals surface area (Å²) in [5.41, 5.74) is 1.28. The van der Waals surface area contributed by atoms with Gasteiger partial charge in [-0.05, 0) is 49.9 Å². The summed E-state index contributed by atoms with van der Waals surface area (Å²) < 4.78 is 10.7. The molecule has 0 N–H and O–H groups in total. The van der Waals surface area contributed by atoms with Gasteiger partial charge in [0.25, 0.3) is 0 Å². The molecule has 0 amide bonds.